The Morgan fingerprint density at radius 3 is 2.41 bits per heavy atom. The topological polar surface area (TPSA) is 55.8 Å². The number of piperidine rings is 1. The summed E-state index contributed by atoms with van der Waals surface area (Å²) in [6, 6.07) is 0. The SMILES string of the molecule is CC(C)(C)OC(=O)N1CCC(CO[C]=O)CC1. The van der Waals surface area contributed by atoms with Crippen molar-refractivity contribution in [1.82, 2.24) is 4.90 Å². The van der Waals surface area contributed by atoms with Gasteiger partial charge >= 0.3 is 12.6 Å². The minimum atomic E-state index is -0.455. The second-order valence-corrected chi connectivity index (χ2v) is 5.31. The maximum atomic E-state index is 11.7. The number of ether oxygens (including phenoxy) is 2. The third-order valence-corrected chi connectivity index (χ3v) is 2.64. The van der Waals surface area contributed by atoms with Gasteiger partial charge in [0.2, 0.25) is 0 Å². The lowest BCUT2D eigenvalue weighted by molar-refractivity contribution is 0.0161. The van der Waals surface area contributed by atoms with Crippen molar-refractivity contribution in [2.24, 2.45) is 5.92 Å². The summed E-state index contributed by atoms with van der Waals surface area (Å²) in [6.07, 6.45) is 1.40. The zero-order valence-electron chi connectivity index (χ0n) is 10.7. The molecule has 0 aliphatic carbocycles. The first kappa shape index (κ1) is 13.8. The maximum Gasteiger partial charge on any atom is 0.417 e. The van der Waals surface area contributed by atoms with E-state index in [0.29, 0.717) is 25.6 Å². The molecule has 0 N–H and O–H groups in total. The first-order valence-corrected chi connectivity index (χ1v) is 5.89. The molecule has 1 radical (unpaired) electrons. The van der Waals surface area contributed by atoms with E-state index in [-0.39, 0.29) is 6.09 Å². The number of nitrogens with zero attached hydrogens (tertiary/aromatic N) is 1. The van der Waals surface area contributed by atoms with Crippen LogP contribution in [0.1, 0.15) is 33.6 Å². The largest absolute Gasteiger partial charge is 0.457 e. The summed E-state index contributed by atoms with van der Waals surface area (Å²) >= 11 is 0. The van der Waals surface area contributed by atoms with Crippen molar-refractivity contribution in [3.8, 4) is 0 Å². The van der Waals surface area contributed by atoms with E-state index in [4.69, 9.17) is 4.74 Å². The summed E-state index contributed by atoms with van der Waals surface area (Å²) in [5, 5.41) is 0. The van der Waals surface area contributed by atoms with Crippen molar-refractivity contribution < 1.29 is 19.1 Å². The number of carbonyl (C=O) groups is 1. The van der Waals surface area contributed by atoms with Crippen LogP contribution in [-0.2, 0) is 14.3 Å². The molecule has 0 bridgehead atoms. The molecule has 97 valence electrons. The molecule has 1 aliphatic rings. The van der Waals surface area contributed by atoms with E-state index >= 15 is 0 Å². The minimum absolute atomic E-state index is 0.265. The van der Waals surface area contributed by atoms with E-state index in [1.165, 1.54) is 6.47 Å². The van der Waals surface area contributed by atoms with E-state index in [0.717, 1.165) is 12.8 Å². The molecule has 1 rings (SSSR count). The number of likely N-dealkylation sites (tertiary alicyclic amines) is 1. The Morgan fingerprint density at radius 2 is 1.94 bits per heavy atom. The minimum Gasteiger partial charge on any atom is -0.457 e. The Bertz CT molecular complexity index is 264. The smallest absolute Gasteiger partial charge is 0.417 e. The molecule has 17 heavy (non-hydrogen) atoms. The molecular formula is C12H20NO4. The number of amides is 1. The fourth-order valence-electron chi connectivity index (χ4n) is 1.76. The van der Waals surface area contributed by atoms with Gasteiger partial charge < -0.3 is 14.4 Å². The van der Waals surface area contributed by atoms with Gasteiger partial charge in [-0.25, -0.2) is 9.59 Å². The van der Waals surface area contributed by atoms with Gasteiger partial charge in [-0.2, -0.15) is 0 Å². The Balaban J connectivity index is 2.31. The van der Waals surface area contributed by atoms with Crippen molar-refractivity contribution in [3.05, 3.63) is 0 Å². The lowest BCUT2D eigenvalue weighted by Crippen LogP contribution is -2.42. The predicted molar refractivity (Wildman–Crippen MR) is 62.2 cm³/mol. The zero-order chi connectivity index (χ0) is 12.9. The number of rotatable bonds is 3. The van der Waals surface area contributed by atoms with Crippen molar-refractivity contribution in [2.45, 2.75) is 39.2 Å². The van der Waals surface area contributed by atoms with E-state index in [1.54, 1.807) is 4.90 Å². The molecule has 0 aromatic rings. The summed E-state index contributed by atoms with van der Waals surface area (Å²) in [7, 11) is 0. The quantitative estimate of drug-likeness (QED) is 0.756. The van der Waals surface area contributed by atoms with Gasteiger partial charge in [0.15, 0.2) is 0 Å². The molecule has 0 spiro atoms. The first-order chi connectivity index (χ1) is 7.92. The average Bonchev–Trinajstić information content (AvgIpc) is 2.24. The average molecular weight is 242 g/mol. The van der Waals surface area contributed by atoms with Crippen LogP contribution in [0.25, 0.3) is 0 Å². The maximum absolute atomic E-state index is 11.7. The molecule has 0 aromatic carbocycles. The molecule has 1 heterocycles. The van der Waals surface area contributed by atoms with Crippen LogP contribution in [0.2, 0.25) is 0 Å². The second kappa shape index (κ2) is 5.89. The predicted octanol–water partition coefficient (Wildman–Crippen LogP) is 1.72. The van der Waals surface area contributed by atoms with E-state index in [1.807, 2.05) is 20.8 Å². The molecule has 5 heteroatoms. The highest BCUT2D eigenvalue weighted by Gasteiger charge is 2.26. The zero-order valence-corrected chi connectivity index (χ0v) is 10.7. The Kier molecular flexibility index (Phi) is 4.78. The third-order valence-electron chi connectivity index (χ3n) is 2.64. The fraction of sp³-hybridized carbons (Fsp3) is 0.833. The van der Waals surface area contributed by atoms with Crippen LogP contribution in [0.15, 0.2) is 0 Å². The van der Waals surface area contributed by atoms with E-state index in [9.17, 15) is 9.59 Å². The van der Waals surface area contributed by atoms with Crippen LogP contribution in [0, 0.1) is 5.92 Å². The van der Waals surface area contributed by atoms with Crippen LogP contribution in [0.4, 0.5) is 4.79 Å². The molecule has 0 unspecified atom stereocenters. The molecule has 0 saturated carbocycles. The molecule has 1 amide bonds. The van der Waals surface area contributed by atoms with Crippen LogP contribution in [0.5, 0.6) is 0 Å². The Labute approximate surface area is 102 Å². The second-order valence-electron chi connectivity index (χ2n) is 5.31. The lowest BCUT2D eigenvalue weighted by atomic mass is 9.98. The van der Waals surface area contributed by atoms with Gasteiger partial charge in [-0.1, -0.05) is 0 Å². The van der Waals surface area contributed by atoms with Gasteiger partial charge in [0.05, 0.1) is 6.61 Å². The summed E-state index contributed by atoms with van der Waals surface area (Å²) in [4.78, 5) is 23.4. The summed E-state index contributed by atoms with van der Waals surface area (Å²) < 4.78 is 9.90. The number of hydrogen-bond donors (Lipinski definition) is 0. The molecule has 0 aromatic heterocycles. The van der Waals surface area contributed by atoms with Gasteiger partial charge in [0.25, 0.3) is 0 Å². The molecule has 1 aliphatic heterocycles. The third kappa shape index (κ3) is 5.06. The number of carbonyl (C=O) groups excluding carboxylic acids is 2. The summed E-state index contributed by atoms with van der Waals surface area (Å²) in [5.41, 5.74) is -0.455. The van der Waals surface area contributed by atoms with Crippen molar-refractivity contribution in [3.63, 3.8) is 0 Å². The fourth-order valence-corrected chi connectivity index (χ4v) is 1.76. The Morgan fingerprint density at radius 1 is 1.35 bits per heavy atom. The standard InChI is InChI=1S/C12H20NO4/c1-12(2,3)17-11(15)13-6-4-10(5-7-13)8-16-9-14/h10H,4-8H2,1-3H3. The Hall–Kier alpha value is -1.26. The van der Waals surface area contributed by atoms with Crippen molar-refractivity contribution in [2.75, 3.05) is 19.7 Å². The van der Waals surface area contributed by atoms with Crippen LogP contribution < -0.4 is 0 Å². The highest BCUT2D eigenvalue weighted by molar-refractivity contribution is 5.68. The molecular weight excluding hydrogens is 222 g/mol. The van der Waals surface area contributed by atoms with Gasteiger partial charge in [-0.3, -0.25) is 0 Å². The van der Waals surface area contributed by atoms with Crippen molar-refractivity contribution in [1.29, 1.82) is 0 Å². The molecule has 5 nitrogen and oxygen atoms in total. The number of hydrogen-bond acceptors (Lipinski definition) is 4. The van der Waals surface area contributed by atoms with Gasteiger partial charge in [0, 0.05) is 13.1 Å². The monoisotopic (exact) mass is 242 g/mol. The summed E-state index contributed by atoms with van der Waals surface area (Å²) in [5.74, 6) is 0.329. The first-order valence-electron chi connectivity index (χ1n) is 5.89. The van der Waals surface area contributed by atoms with E-state index < -0.39 is 5.60 Å². The van der Waals surface area contributed by atoms with Crippen LogP contribution in [0.3, 0.4) is 0 Å². The van der Waals surface area contributed by atoms with Gasteiger partial charge in [0.1, 0.15) is 5.60 Å². The van der Waals surface area contributed by atoms with Crippen LogP contribution in [-0.4, -0.2) is 42.8 Å². The lowest BCUT2D eigenvalue weighted by Gasteiger charge is -2.32. The highest BCUT2D eigenvalue weighted by Crippen LogP contribution is 2.19. The van der Waals surface area contributed by atoms with Gasteiger partial charge in [-0.05, 0) is 39.5 Å². The molecule has 0 atom stereocenters. The molecule has 1 fully saturated rings. The normalized spacial score (nSPS) is 17.7. The van der Waals surface area contributed by atoms with Crippen molar-refractivity contribution >= 4 is 12.6 Å². The van der Waals surface area contributed by atoms with Gasteiger partial charge in [-0.15, -0.1) is 0 Å². The van der Waals surface area contributed by atoms with E-state index in [2.05, 4.69) is 4.74 Å². The van der Waals surface area contributed by atoms with Crippen LogP contribution >= 0.6 is 0 Å². The summed E-state index contributed by atoms with van der Waals surface area (Å²) in [6.45, 7) is 8.69. The molecule has 1 saturated heterocycles. The highest BCUT2D eigenvalue weighted by atomic mass is 16.6.